The van der Waals surface area contributed by atoms with Crippen LogP contribution in [0.3, 0.4) is 0 Å². The lowest BCUT2D eigenvalue weighted by Crippen LogP contribution is -2.47. The van der Waals surface area contributed by atoms with E-state index in [0.717, 1.165) is 11.3 Å². The van der Waals surface area contributed by atoms with Crippen LogP contribution in [0, 0.1) is 5.82 Å². The van der Waals surface area contributed by atoms with E-state index in [4.69, 9.17) is 20.7 Å². The lowest BCUT2D eigenvalue weighted by Gasteiger charge is -2.36. The van der Waals surface area contributed by atoms with Crippen LogP contribution in [0.15, 0.2) is 45.8 Å². The number of nitrogens with two attached hydrogens (primary N) is 2. The number of ether oxygens (including phenoxy) is 1. The second kappa shape index (κ2) is 10.6. The van der Waals surface area contributed by atoms with Gasteiger partial charge in [-0.2, -0.15) is 9.50 Å². The van der Waals surface area contributed by atoms with Gasteiger partial charge in [0.2, 0.25) is 11.8 Å². The minimum absolute atomic E-state index is 0.120. The Morgan fingerprint density at radius 1 is 1.15 bits per heavy atom. The Kier molecular flexibility index (Phi) is 6.79. The van der Waals surface area contributed by atoms with Crippen LogP contribution >= 0.6 is 11.3 Å². The van der Waals surface area contributed by atoms with Gasteiger partial charge in [-0.15, -0.1) is 5.10 Å². The van der Waals surface area contributed by atoms with E-state index in [1.165, 1.54) is 16.8 Å². The van der Waals surface area contributed by atoms with Crippen LogP contribution in [-0.2, 0) is 11.3 Å². The molecule has 4 aromatic heterocycles. The number of hydrogen-bond acceptors (Lipinski definition) is 12. The van der Waals surface area contributed by atoms with Crippen molar-refractivity contribution < 1.29 is 18.3 Å². The van der Waals surface area contributed by atoms with E-state index < -0.39 is 11.7 Å². The average molecular weight is 569 g/mol. The van der Waals surface area contributed by atoms with Crippen molar-refractivity contribution in [3.63, 3.8) is 0 Å². The fourth-order valence-corrected chi connectivity index (χ4v) is 5.55. The fraction of sp³-hybridized carbons (Fsp3) is 0.292. The van der Waals surface area contributed by atoms with Gasteiger partial charge in [0.25, 0.3) is 5.91 Å². The van der Waals surface area contributed by atoms with Crippen molar-refractivity contribution in [1.29, 1.82) is 0 Å². The van der Waals surface area contributed by atoms with Gasteiger partial charge in [-0.3, -0.25) is 24.5 Å². The second-order valence-electron chi connectivity index (χ2n) is 9.09. The van der Waals surface area contributed by atoms with Gasteiger partial charge in [0.05, 0.1) is 12.0 Å². The van der Waals surface area contributed by atoms with Crippen LogP contribution in [0.4, 0.5) is 16.0 Å². The number of nitrogens with zero attached hydrogens (tertiary/aromatic N) is 7. The summed E-state index contributed by atoms with van der Waals surface area (Å²) in [5.41, 5.74) is 9.49. The molecule has 0 saturated carbocycles. The summed E-state index contributed by atoms with van der Waals surface area (Å²) in [4.78, 5) is 37.1. The molecule has 0 radical (unpaired) electrons. The molecule has 0 spiro atoms. The Balaban J connectivity index is 1.12. The Bertz CT molecular complexity index is 1740. The summed E-state index contributed by atoms with van der Waals surface area (Å²) in [6.07, 6.45) is 1.53. The molecule has 1 saturated heterocycles. The van der Waals surface area contributed by atoms with Gasteiger partial charge in [0, 0.05) is 45.3 Å². The minimum Gasteiger partial charge on any atom is -0.484 e. The lowest BCUT2D eigenvalue weighted by molar-refractivity contribution is -0.123. The van der Waals surface area contributed by atoms with E-state index in [0.29, 0.717) is 72.5 Å². The van der Waals surface area contributed by atoms with E-state index in [1.54, 1.807) is 28.8 Å². The first-order chi connectivity index (χ1) is 19.4. The Morgan fingerprint density at radius 2 is 1.98 bits per heavy atom. The van der Waals surface area contributed by atoms with E-state index >= 15 is 0 Å². The molecule has 1 aliphatic rings. The zero-order valence-electron chi connectivity index (χ0n) is 21.1. The minimum atomic E-state index is -0.511. The molecule has 0 aliphatic carbocycles. The van der Waals surface area contributed by atoms with E-state index in [9.17, 15) is 14.0 Å². The van der Waals surface area contributed by atoms with Gasteiger partial charge in [-0.1, -0.05) is 11.3 Å². The first-order valence-corrected chi connectivity index (χ1v) is 13.2. The molecule has 0 unspecified atom stereocenters. The third kappa shape index (κ3) is 4.83. The van der Waals surface area contributed by atoms with Crippen molar-refractivity contribution in [3.8, 4) is 17.3 Å². The van der Waals surface area contributed by atoms with Crippen LogP contribution in [0.25, 0.3) is 27.6 Å². The first-order valence-electron chi connectivity index (χ1n) is 12.4. The van der Waals surface area contributed by atoms with Crippen molar-refractivity contribution in [2.24, 2.45) is 5.84 Å². The topological polar surface area (TPSA) is 175 Å². The van der Waals surface area contributed by atoms with Gasteiger partial charge in [-0.25, -0.2) is 15.2 Å². The number of nitrogens with one attached hydrogen (secondary N) is 1. The number of nitrogen functional groups attached to an aromatic ring is 1. The molecular formula is C24H25FN10O4S. The predicted molar refractivity (Wildman–Crippen MR) is 145 cm³/mol. The molecule has 6 rings (SSSR count). The number of hydrogen-bond donors (Lipinski definition) is 3. The summed E-state index contributed by atoms with van der Waals surface area (Å²) in [6.45, 7) is 3.30. The van der Waals surface area contributed by atoms with Crippen molar-refractivity contribution in [2.75, 3.05) is 50.0 Å². The zero-order valence-corrected chi connectivity index (χ0v) is 21.9. The summed E-state index contributed by atoms with van der Waals surface area (Å²) in [5.74, 6) is 5.28. The lowest BCUT2D eigenvalue weighted by atomic mass is 10.2. The van der Waals surface area contributed by atoms with Gasteiger partial charge in [0.1, 0.15) is 16.3 Å². The van der Waals surface area contributed by atoms with E-state index in [-0.39, 0.29) is 23.2 Å². The van der Waals surface area contributed by atoms with Crippen LogP contribution in [0.1, 0.15) is 0 Å². The number of aromatic nitrogens is 5. The Morgan fingerprint density at radius 3 is 2.70 bits per heavy atom. The highest BCUT2D eigenvalue weighted by atomic mass is 32.1. The zero-order chi connectivity index (χ0) is 27.8. The molecule has 40 heavy (non-hydrogen) atoms. The molecule has 1 aromatic carbocycles. The molecule has 5 heterocycles. The molecule has 1 fully saturated rings. The SMILES string of the molecule is NNC(=O)COc1ccc(N2CCN(CCn3c(=O)sc4c3nc(N)n3nc(-c5ccco5)nc43)CC2)c(F)c1. The van der Waals surface area contributed by atoms with E-state index in [1.807, 2.05) is 10.3 Å². The molecule has 0 atom stereocenters. The number of hydrazine groups is 1. The third-order valence-corrected chi connectivity index (χ3v) is 7.62. The van der Waals surface area contributed by atoms with Crippen molar-refractivity contribution in [2.45, 2.75) is 6.54 Å². The summed E-state index contributed by atoms with van der Waals surface area (Å²) in [7, 11) is 0. The van der Waals surface area contributed by atoms with Gasteiger partial charge >= 0.3 is 4.87 Å². The number of anilines is 2. The maximum absolute atomic E-state index is 14.8. The number of furan rings is 1. The Labute approximate surface area is 229 Å². The van der Waals surface area contributed by atoms with Crippen LogP contribution in [0.5, 0.6) is 5.75 Å². The number of carbonyl (C=O) groups excluding carboxylic acids is 1. The smallest absolute Gasteiger partial charge is 0.309 e. The number of carbonyl (C=O) groups is 1. The van der Waals surface area contributed by atoms with Crippen molar-refractivity contribution in [1.82, 2.24) is 34.5 Å². The summed E-state index contributed by atoms with van der Waals surface area (Å²) in [5, 5.41) is 4.38. The molecule has 5 N–H and O–H groups in total. The van der Waals surface area contributed by atoms with E-state index in [2.05, 4.69) is 20.0 Å². The van der Waals surface area contributed by atoms with Gasteiger partial charge in [-0.05, 0) is 24.3 Å². The number of amides is 1. The van der Waals surface area contributed by atoms with Gasteiger partial charge < -0.3 is 19.8 Å². The summed E-state index contributed by atoms with van der Waals surface area (Å²) < 4.78 is 29.0. The van der Waals surface area contributed by atoms with Crippen LogP contribution in [0.2, 0.25) is 0 Å². The molecule has 14 nitrogen and oxygen atoms in total. The van der Waals surface area contributed by atoms with Crippen LogP contribution < -0.4 is 31.5 Å². The summed E-state index contributed by atoms with van der Waals surface area (Å²) >= 11 is 1.05. The maximum Gasteiger partial charge on any atom is 0.309 e. The normalized spacial score (nSPS) is 14.3. The number of halogens is 1. The monoisotopic (exact) mass is 568 g/mol. The number of benzene rings is 1. The van der Waals surface area contributed by atoms with Crippen molar-refractivity contribution >= 4 is 44.9 Å². The van der Waals surface area contributed by atoms with Crippen LogP contribution in [-0.4, -0.2) is 74.3 Å². The van der Waals surface area contributed by atoms with Gasteiger partial charge in [0.15, 0.2) is 23.7 Å². The number of fused-ring (bicyclic) bond motifs is 3. The quantitative estimate of drug-likeness (QED) is 0.136. The highest BCUT2D eigenvalue weighted by Crippen LogP contribution is 2.27. The third-order valence-electron chi connectivity index (χ3n) is 6.66. The second-order valence-corrected chi connectivity index (χ2v) is 10.1. The molecule has 0 bridgehead atoms. The number of rotatable bonds is 8. The maximum atomic E-state index is 14.8. The molecule has 1 amide bonds. The molecule has 208 valence electrons. The molecule has 1 aliphatic heterocycles. The number of piperazine rings is 1. The fourth-order valence-electron chi connectivity index (χ4n) is 4.61. The highest BCUT2D eigenvalue weighted by molar-refractivity contribution is 7.17. The first kappa shape index (κ1) is 25.7. The average Bonchev–Trinajstić information content (AvgIpc) is 3.70. The molecular weight excluding hydrogens is 543 g/mol. The predicted octanol–water partition coefficient (Wildman–Crippen LogP) is 0.673. The summed E-state index contributed by atoms with van der Waals surface area (Å²) in [6, 6.07) is 7.99. The molecule has 16 heteroatoms. The standard InChI is InChI=1S/C24H25FN10O4S/c25-15-12-14(39-13-18(36)30-27)3-4-16(15)33-8-5-32(6-9-33)7-10-34-21-19(40-24(34)37)22-28-20(17-2-1-11-38-17)31-35(22)23(26)29-21/h1-4,11-12H,5-10,13,27H2,(H2,26,29)(H,30,36). The Hall–Kier alpha value is -4.54. The number of thiazole rings is 1. The molecule has 5 aromatic rings. The highest BCUT2D eigenvalue weighted by Gasteiger charge is 2.22. The van der Waals surface area contributed by atoms with Crippen molar-refractivity contribution in [3.05, 3.63) is 52.1 Å². The largest absolute Gasteiger partial charge is 0.484 e.